The number of thioether (sulfide) groups is 1. The number of rotatable bonds is 2. The molecule has 0 aromatic heterocycles. The zero-order valence-electron chi connectivity index (χ0n) is 12.5. The van der Waals surface area contributed by atoms with Crippen molar-refractivity contribution in [3.8, 4) is 0 Å². The molecular formula is C18H16ClNOS. The van der Waals surface area contributed by atoms with Crippen LogP contribution in [0.25, 0.3) is 0 Å². The predicted molar refractivity (Wildman–Crippen MR) is 92.7 cm³/mol. The number of hydrogen-bond acceptors (Lipinski definition) is 3. The Kier molecular flexibility index (Phi) is 3.16. The molecule has 2 aromatic rings. The van der Waals surface area contributed by atoms with Crippen molar-refractivity contribution in [1.29, 1.82) is 0 Å². The number of fused-ring (bicyclic) bond motifs is 3. The highest BCUT2D eigenvalue weighted by Crippen LogP contribution is 2.64. The molecule has 2 unspecified atom stereocenters. The number of halogens is 1. The average Bonchev–Trinajstić information content (AvgIpc) is 2.95. The van der Waals surface area contributed by atoms with E-state index in [0.717, 1.165) is 16.5 Å². The minimum Gasteiger partial charge on any atom is -0.351 e. The van der Waals surface area contributed by atoms with Crippen LogP contribution in [0.2, 0.25) is 5.02 Å². The predicted octanol–water partition coefficient (Wildman–Crippen LogP) is 4.76. The molecule has 22 heavy (non-hydrogen) atoms. The second kappa shape index (κ2) is 4.85. The quantitative estimate of drug-likeness (QED) is 0.792. The van der Waals surface area contributed by atoms with E-state index in [1.807, 2.05) is 18.2 Å². The van der Waals surface area contributed by atoms with Crippen molar-refractivity contribution in [3.63, 3.8) is 0 Å². The van der Waals surface area contributed by atoms with Gasteiger partial charge in [-0.15, -0.1) is 0 Å². The summed E-state index contributed by atoms with van der Waals surface area (Å²) in [5.74, 6) is 0. The maximum atomic E-state index is 6.26. The first-order valence-electron chi connectivity index (χ1n) is 7.26. The van der Waals surface area contributed by atoms with Crippen LogP contribution in [0.15, 0.2) is 53.5 Å². The maximum Gasteiger partial charge on any atom is 0.205 e. The van der Waals surface area contributed by atoms with Crippen LogP contribution in [0.4, 0.5) is 0 Å². The first kappa shape index (κ1) is 14.3. The highest BCUT2D eigenvalue weighted by atomic mass is 35.5. The van der Waals surface area contributed by atoms with E-state index in [1.165, 1.54) is 16.7 Å². The zero-order valence-corrected chi connectivity index (χ0v) is 14.0. The van der Waals surface area contributed by atoms with E-state index >= 15 is 0 Å². The van der Waals surface area contributed by atoms with E-state index < -0.39 is 5.72 Å². The Balaban J connectivity index is 2.00. The first-order valence-corrected chi connectivity index (χ1v) is 8.46. The Morgan fingerprint density at radius 1 is 1.18 bits per heavy atom. The molecule has 0 amide bonds. The van der Waals surface area contributed by atoms with Gasteiger partial charge in [-0.3, -0.25) is 0 Å². The number of benzene rings is 2. The minimum absolute atomic E-state index is 0.277. The van der Waals surface area contributed by atoms with Crippen molar-refractivity contribution < 1.29 is 4.74 Å². The van der Waals surface area contributed by atoms with Gasteiger partial charge in [0.15, 0.2) is 0 Å². The zero-order chi connectivity index (χ0) is 15.4. The van der Waals surface area contributed by atoms with Crippen LogP contribution in [0.3, 0.4) is 0 Å². The topological polar surface area (TPSA) is 21.6 Å². The molecule has 2 nitrogen and oxygen atoms in total. The lowest BCUT2D eigenvalue weighted by molar-refractivity contribution is -0.0302. The second-order valence-electron chi connectivity index (χ2n) is 5.75. The Bertz CT molecular complexity index is 790. The van der Waals surface area contributed by atoms with Gasteiger partial charge >= 0.3 is 0 Å². The van der Waals surface area contributed by atoms with Gasteiger partial charge < -0.3 is 4.74 Å². The Labute approximate surface area is 139 Å². The molecule has 0 saturated carbocycles. The molecule has 1 aliphatic heterocycles. The summed E-state index contributed by atoms with van der Waals surface area (Å²) in [5.41, 5.74) is 2.97. The van der Waals surface area contributed by atoms with E-state index in [4.69, 9.17) is 21.3 Å². The number of methoxy groups -OCH3 is 1. The lowest BCUT2D eigenvalue weighted by atomic mass is 9.88. The van der Waals surface area contributed by atoms with Crippen LogP contribution >= 0.6 is 23.4 Å². The summed E-state index contributed by atoms with van der Waals surface area (Å²) in [4.78, 5) is 4.93. The van der Waals surface area contributed by atoms with Gasteiger partial charge in [0.2, 0.25) is 5.72 Å². The van der Waals surface area contributed by atoms with E-state index in [1.54, 1.807) is 18.9 Å². The van der Waals surface area contributed by atoms with Crippen LogP contribution < -0.4 is 0 Å². The molecule has 0 radical (unpaired) electrons. The smallest absolute Gasteiger partial charge is 0.205 e. The highest BCUT2D eigenvalue weighted by Gasteiger charge is 2.63. The summed E-state index contributed by atoms with van der Waals surface area (Å²) >= 11 is 8.05. The first-order chi connectivity index (χ1) is 10.6. The van der Waals surface area contributed by atoms with Crippen molar-refractivity contribution in [2.75, 3.05) is 7.11 Å². The fourth-order valence-corrected chi connectivity index (χ4v) is 5.50. The Hall–Kier alpha value is -1.29. The van der Waals surface area contributed by atoms with Gasteiger partial charge in [0.05, 0.1) is 5.04 Å². The van der Waals surface area contributed by atoms with Crippen molar-refractivity contribution >= 4 is 28.4 Å². The molecule has 0 spiro atoms. The van der Waals surface area contributed by atoms with Crippen molar-refractivity contribution in [1.82, 2.24) is 0 Å². The molecule has 0 N–H and O–H groups in total. The molecule has 2 aromatic carbocycles. The summed E-state index contributed by atoms with van der Waals surface area (Å²) in [5, 5.41) is 1.80. The van der Waals surface area contributed by atoms with Crippen LogP contribution in [-0.2, 0) is 21.6 Å². The lowest BCUT2D eigenvalue weighted by Crippen LogP contribution is -2.41. The minimum atomic E-state index is -0.664. The fraction of sp³-hybridized carbons (Fsp3) is 0.278. The molecule has 112 valence electrons. The molecule has 0 bridgehead atoms. The summed E-state index contributed by atoms with van der Waals surface area (Å²) in [6.45, 7) is 2.05. The van der Waals surface area contributed by atoms with Crippen molar-refractivity contribution in [3.05, 3.63) is 70.2 Å². The van der Waals surface area contributed by atoms with Crippen LogP contribution in [0, 0.1) is 0 Å². The molecule has 1 heterocycles. The van der Waals surface area contributed by atoms with Gasteiger partial charge in [-0.1, -0.05) is 59.8 Å². The molecule has 4 heteroatoms. The van der Waals surface area contributed by atoms with Gasteiger partial charge in [-0.25, -0.2) is 4.99 Å². The number of hydrogen-bond donors (Lipinski definition) is 0. The van der Waals surface area contributed by atoms with Gasteiger partial charge in [0.25, 0.3) is 0 Å². The monoisotopic (exact) mass is 329 g/mol. The lowest BCUT2D eigenvalue weighted by Gasteiger charge is -2.37. The van der Waals surface area contributed by atoms with Crippen LogP contribution in [0.1, 0.15) is 23.6 Å². The summed E-state index contributed by atoms with van der Waals surface area (Å²) < 4.78 is 5.79. The SMILES string of the molecule is COC12N=C(C)SC1(c1cccc(Cl)c1)Cc1ccccc12. The average molecular weight is 330 g/mol. The summed E-state index contributed by atoms with van der Waals surface area (Å²) in [7, 11) is 1.75. The summed E-state index contributed by atoms with van der Waals surface area (Å²) in [6.07, 6.45) is 0.892. The van der Waals surface area contributed by atoms with Gasteiger partial charge in [0, 0.05) is 17.7 Å². The summed E-state index contributed by atoms with van der Waals surface area (Å²) in [6, 6.07) is 16.5. The molecule has 0 saturated heterocycles. The van der Waals surface area contributed by atoms with Crippen molar-refractivity contribution in [2.45, 2.75) is 23.8 Å². The van der Waals surface area contributed by atoms with Gasteiger partial charge in [-0.05, 0) is 36.6 Å². The second-order valence-corrected chi connectivity index (χ2v) is 7.68. The standard InChI is InChI=1S/C18H16ClNOS/c1-12-20-18(21-2)16-9-4-3-6-13(16)11-17(18,22-12)14-7-5-8-15(19)10-14/h3-10H,11H2,1-2H3. The highest BCUT2D eigenvalue weighted by molar-refractivity contribution is 8.15. The molecule has 0 fully saturated rings. The third kappa shape index (κ3) is 1.70. The third-order valence-electron chi connectivity index (χ3n) is 4.59. The van der Waals surface area contributed by atoms with Crippen molar-refractivity contribution in [2.24, 2.45) is 4.99 Å². The number of aliphatic imine (C=N–C) groups is 1. The Morgan fingerprint density at radius 2 is 2.00 bits per heavy atom. The fourth-order valence-electron chi connectivity index (χ4n) is 3.78. The molecular weight excluding hydrogens is 314 g/mol. The molecule has 1 aliphatic carbocycles. The van der Waals surface area contributed by atoms with Crippen LogP contribution in [-0.4, -0.2) is 12.2 Å². The van der Waals surface area contributed by atoms with Gasteiger partial charge in [-0.2, -0.15) is 0 Å². The van der Waals surface area contributed by atoms with E-state index in [2.05, 4.69) is 37.3 Å². The normalized spacial score (nSPS) is 29.1. The van der Waals surface area contributed by atoms with Gasteiger partial charge in [0.1, 0.15) is 4.75 Å². The Morgan fingerprint density at radius 3 is 2.77 bits per heavy atom. The largest absolute Gasteiger partial charge is 0.351 e. The number of ether oxygens (including phenoxy) is 1. The molecule has 4 rings (SSSR count). The third-order valence-corrected chi connectivity index (χ3v) is 6.22. The van der Waals surface area contributed by atoms with Crippen LogP contribution in [0.5, 0.6) is 0 Å². The van der Waals surface area contributed by atoms with E-state index in [-0.39, 0.29) is 4.75 Å². The molecule has 2 atom stereocenters. The van der Waals surface area contributed by atoms with E-state index in [0.29, 0.717) is 0 Å². The molecule has 2 aliphatic rings. The van der Waals surface area contributed by atoms with E-state index in [9.17, 15) is 0 Å². The maximum absolute atomic E-state index is 6.26. The number of nitrogens with zero attached hydrogens (tertiary/aromatic N) is 1.